The molecule has 1 aliphatic heterocycles. The molecule has 8 heteroatoms. The summed E-state index contributed by atoms with van der Waals surface area (Å²) in [5.41, 5.74) is 6.44. The van der Waals surface area contributed by atoms with Crippen LogP contribution >= 0.6 is 0 Å². The molecule has 0 spiro atoms. The standard InChI is InChI=1S/C24H29FN4O2S/c1-29-11-3-5-18(14-29)15-8-10-22(21(25)13-15)32(26,31)28-24(30)27-23-19-6-2-4-16(19)12-17-7-9-20(17)23/h8,10,12-13,18H,2-7,9,11,14H2,1H3,(H3,26,27,28,30,31)/t18-,32-/m1/s1. The Morgan fingerprint density at radius 1 is 1.16 bits per heavy atom. The summed E-state index contributed by atoms with van der Waals surface area (Å²) in [6, 6.07) is 6.02. The van der Waals surface area contributed by atoms with Crippen molar-refractivity contribution in [3.05, 3.63) is 57.9 Å². The summed E-state index contributed by atoms with van der Waals surface area (Å²) in [7, 11) is -1.66. The van der Waals surface area contributed by atoms with Crippen LogP contribution in [0.4, 0.5) is 14.9 Å². The molecule has 0 unspecified atom stereocenters. The lowest BCUT2D eigenvalue weighted by atomic mass is 9.83. The lowest BCUT2D eigenvalue weighted by Crippen LogP contribution is -2.30. The van der Waals surface area contributed by atoms with Crippen LogP contribution in [-0.4, -0.2) is 35.3 Å². The third kappa shape index (κ3) is 3.95. The van der Waals surface area contributed by atoms with E-state index in [1.54, 1.807) is 6.07 Å². The largest absolute Gasteiger partial charge is 0.354 e. The highest BCUT2D eigenvalue weighted by Crippen LogP contribution is 2.39. The number of hydrogen-bond acceptors (Lipinski definition) is 3. The van der Waals surface area contributed by atoms with Gasteiger partial charge in [0.05, 0.1) is 4.90 Å². The molecule has 2 amide bonds. The van der Waals surface area contributed by atoms with Crippen molar-refractivity contribution in [3.8, 4) is 0 Å². The Kier molecular flexibility index (Phi) is 5.55. The van der Waals surface area contributed by atoms with Gasteiger partial charge in [0.15, 0.2) is 0 Å². The smallest absolute Gasteiger partial charge is 0.306 e. The zero-order valence-electron chi connectivity index (χ0n) is 18.3. The summed E-state index contributed by atoms with van der Waals surface area (Å²) >= 11 is 0. The van der Waals surface area contributed by atoms with Gasteiger partial charge in [-0.05, 0) is 104 Å². The van der Waals surface area contributed by atoms with Crippen LogP contribution in [0.15, 0.2) is 33.5 Å². The number of nitrogens with zero attached hydrogens (tertiary/aromatic N) is 2. The third-order valence-corrected chi connectivity index (χ3v) is 8.46. The van der Waals surface area contributed by atoms with Gasteiger partial charge in [-0.25, -0.2) is 18.5 Å². The lowest BCUT2D eigenvalue weighted by Gasteiger charge is -2.30. The number of likely N-dealkylation sites (tertiary alicyclic amines) is 1. The minimum absolute atomic E-state index is 0.227. The molecule has 32 heavy (non-hydrogen) atoms. The van der Waals surface area contributed by atoms with E-state index in [0.717, 1.165) is 80.4 Å². The number of halogens is 1. The van der Waals surface area contributed by atoms with Crippen molar-refractivity contribution < 1.29 is 13.4 Å². The molecule has 170 valence electrons. The average molecular weight is 457 g/mol. The van der Waals surface area contributed by atoms with E-state index in [1.165, 1.54) is 23.3 Å². The molecule has 3 aliphatic rings. The molecular formula is C24H29FN4O2S. The van der Waals surface area contributed by atoms with Crippen molar-refractivity contribution >= 4 is 21.6 Å². The predicted octanol–water partition coefficient (Wildman–Crippen LogP) is 4.15. The first kappa shape index (κ1) is 21.6. The van der Waals surface area contributed by atoms with Gasteiger partial charge < -0.3 is 10.2 Å². The van der Waals surface area contributed by atoms with E-state index in [9.17, 15) is 13.4 Å². The second kappa shape index (κ2) is 8.24. The molecule has 2 aliphatic carbocycles. The molecule has 1 heterocycles. The SMILES string of the molecule is CN1CCC[C@@H](c2ccc([S@](N)(=O)=NC(=O)Nc3c4c(cc5c3CC5)CCC4)c(F)c2)C1. The molecule has 0 saturated carbocycles. The second-order valence-electron chi connectivity index (χ2n) is 9.26. The number of fused-ring (bicyclic) bond motifs is 2. The summed E-state index contributed by atoms with van der Waals surface area (Å²) in [5.74, 6) is -0.450. The summed E-state index contributed by atoms with van der Waals surface area (Å²) in [4.78, 5) is 14.7. The molecule has 2 aromatic rings. The van der Waals surface area contributed by atoms with Gasteiger partial charge in [-0.2, -0.15) is 0 Å². The number of urea groups is 1. The van der Waals surface area contributed by atoms with Gasteiger partial charge in [-0.15, -0.1) is 4.36 Å². The Morgan fingerprint density at radius 2 is 1.94 bits per heavy atom. The maximum Gasteiger partial charge on any atom is 0.354 e. The second-order valence-corrected chi connectivity index (χ2v) is 11.0. The first-order chi connectivity index (χ1) is 15.3. The highest BCUT2D eigenvalue weighted by atomic mass is 32.2. The van der Waals surface area contributed by atoms with Gasteiger partial charge in [0.2, 0.25) is 0 Å². The van der Waals surface area contributed by atoms with E-state index < -0.39 is 21.8 Å². The van der Waals surface area contributed by atoms with E-state index in [2.05, 4.69) is 27.7 Å². The van der Waals surface area contributed by atoms with Crippen LogP contribution in [0.1, 0.15) is 53.0 Å². The van der Waals surface area contributed by atoms with Crippen molar-refractivity contribution in [2.75, 3.05) is 25.5 Å². The van der Waals surface area contributed by atoms with Crippen molar-refractivity contribution in [3.63, 3.8) is 0 Å². The molecule has 2 aromatic carbocycles. The number of likely N-dealkylation sites (N-methyl/N-ethyl adjacent to an activating group) is 1. The van der Waals surface area contributed by atoms with Gasteiger partial charge in [0.25, 0.3) is 0 Å². The fraction of sp³-hybridized carbons (Fsp3) is 0.458. The van der Waals surface area contributed by atoms with Crippen molar-refractivity contribution in [2.45, 2.75) is 55.8 Å². The Hall–Kier alpha value is -2.29. The van der Waals surface area contributed by atoms with E-state index in [1.807, 2.05) is 0 Å². The van der Waals surface area contributed by atoms with Crippen LogP contribution in [0.5, 0.6) is 0 Å². The summed E-state index contributed by atoms with van der Waals surface area (Å²) in [5, 5.41) is 8.71. The van der Waals surface area contributed by atoms with E-state index >= 15 is 0 Å². The monoisotopic (exact) mass is 456 g/mol. The number of nitrogens with one attached hydrogen (secondary N) is 1. The number of aryl methyl sites for hydroxylation is 2. The predicted molar refractivity (Wildman–Crippen MR) is 124 cm³/mol. The van der Waals surface area contributed by atoms with Crippen LogP contribution in [0.2, 0.25) is 0 Å². The summed E-state index contributed by atoms with van der Waals surface area (Å²) in [6.07, 6.45) is 6.92. The average Bonchev–Trinajstić information content (AvgIpc) is 3.18. The number of carbonyl (C=O) groups is 1. The van der Waals surface area contributed by atoms with Crippen molar-refractivity contribution in [1.82, 2.24) is 4.90 Å². The number of piperidine rings is 1. The maximum absolute atomic E-state index is 14.9. The van der Waals surface area contributed by atoms with Crippen LogP contribution in [0.3, 0.4) is 0 Å². The fourth-order valence-corrected chi connectivity index (χ4v) is 6.33. The Balaban J connectivity index is 1.40. The first-order valence-corrected chi connectivity index (χ1v) is 12.9. The molecule has 2 atom stereocenters. The molecule has 0 bridgehead atoms. The summed E-state index contributed by atoms with van der Waals surface area (Å²) in [6.45, 7) is 1.89. The number of anilines is 1. The molecule has 5 rings (SSSR count). The number of carbonyl (C=O) groups excluding carboxylic acids is 1. The minimum Gasteiger partial charge on any atom is -0.306 e. The molecule has 0 radical (unpaired) electrons. The van der Waals surface area contributed by atoms with E-state index in [4.69, 9.17) is 5.14 Å². The van der Waals surface area contributed by atoms with Crippen LogP contribution in [0, 0.1) is 5.82 Å². The van der Waals surface area contributed by atoms with E-state index in [-0.39, 0.29) is 10.8 Å². The number of benzene rings is 2. The van der Waals surface area contributed by atoms with Crippen molar-refractivity contribution in [1.29, 1.82) is 0 Å². The zero-order valence-corrected chi connectivity index (χ0v) is 19.1. The highest BCUT2D eigenvalue weighted by Gasteiger charge is 2.27. The topological polar surface area (TPSA) is 87.8 Å². The molecule has 1 saturated heterocycles. The van der Waals surface area contributed by atoms with Gasteiger partial charge in [0.1, 0.15) is 15.7 Å². The van der Waals surface area contributed by atoms with Gasteiger partial charge in [0, 0.05) is 12.2 Å². The summed E-state index contributed by atoms with van der Waals surface area (Å²) < 4.78 is 31.7. The van der Waals surface area contributed by atoms with Crippen molar-refractivity contribution in [2.24, 2.45) is 9.50 Å². The maximum atomic E-state index is 14.9. The molecule has 3 N–H and O–H groups in total. The Labute approximate surface area is 188 Å². The number of nitrogens with two attached hydrogens (primary N) is 1. The molecule has 0 aromatic heterocycles. The molecule has 6 nitrogen and oxygen atoms in total. The van der Waals surface area contributed by atoms with Crippen LogP contribution < -0.4 is 10.5 Å². The third-order valence-electron chi connectivity index (χ3n) is 7.06. The molecular weight excluding hydrogens is 427 g/mol. The minimum atomic E-state index is -3.71. The highest BCUT2D eigenvalue weighted by molar-refractivity contribution is 7.91. The molecule has 1 fully saturated rings. The number of hydrogen-bond donors (Lipinski definition) is 2. The van der Waals surface area contributed by atoms with Gasteiger partial charge in [-0.3, -0.25) is 0 Å². The fourth-order valence-electron chi connectivity index (χ4n) is 5.34. The normalized spacial score (nSPS) is 21.8. The van der Waals surface area contributed by atoms with Gasteiger partial charge >= 0.3 is 6.03 Å². The number of amides is 2. The van der Waals surface area contributed by atoms with E-state index in [0.29, 0.717) is 0 Å². The quantitative estimate of drug-likeness (QED) is 0.727. The Morgan fingerprint density at radius 3 is 2.66 bits per heavy atom. The number of rotatable bonds is 3. The Bertz CT molecular complexity index is 1220. The van der Waals surface area contributed by atoms with Gasteiger partial charge in [-0.1, -0.05) is 12.1 Å². The lowest BCUT2D eigenvalue weighted by molar-refractivity contribution is 0.250. The zero-order chi connectivity index (χ0) is 22.5. The van der Waals surface area contributed by atoms with Crippen LogP contribution in [-0.2, 0) is 35.6 Å². The van der Waals surface area contributed by atoms with Crippen LogP contribution in [0.25, 0.3) is 0 Å². The first-order valence-electron chi connectivity index (χ1n) is 11.3.